The maximum absolute atomic E-state index is 13.3. The van der Waals surface area contributed by atoms with Gasteiger partial charge in [0, 0.05) is 25.2 Å². The van der Waals surface area contributed by atoms with Crippen molar-refractivity contribution in [1.29, 1.82) is 0 Å². The van der Waals surface area contributed by atoms with E-state index in [0.717, 1.165) is 19.5 Å². The molecule has 0 radical (unpaired) electrons. The molecule has 28 heavy (non-hydrogen) atoms. The summed E-state index contributed by atoms with van der Waals surface area (Å²) in [6.07, 6.45) is 1.49. The molecule has 2 aromatic carbocycles. The minimum absolute atomic E-state index is 0.202. The van der Waals surface area contributed by atoms with Crippen molar-refractivity contribution < 1.29 is 22.6 Å². The third-order valence-corrected chi connectivity index (χ3v) is 7.27. The van der Waals surface area contributed by atoms with Crippen LogP contribution < -0.4 is 14.2 Å². The van der Waals surface area contributed by atoms with Gasteiger partial charge < -0.3 is 14.2 Å². The molecule has 0 bridgehead atoms. The molecule has 0 spiro atoms. The first-order valence-electron chi connectivity index (χ1n) is 9.29. The lowest BCUT2D eigenvalue weighted by atomic mass is 10.1. The summed E-state index contributed by atoms with van der Waals surface area (Å²) in [5.41, 5.74) is 1.19. The van der Waals surface area contributed by atoms with Gasteiger partial charge in [0.15, 0.2) is 21.3 Å². The lowest BCUT2D eigenvalue weighted by molar-refractivity contribution is 0.222. The maximum Gasteiger partial charge on any atom is 0.203 e. The highest BCUT2D eigenvalue weighted by Crippen LogP contribution is 2.40. The second kappa shape index (κ2) is 8.84. The third kappa shape index (κ3) is 4.25. The Morgan fingerprint density at radius 2 is 1.64 bits per heavy atom. The van der Waals surface area contributed by atoms with E-state index in [2.05, 4.69) is 17.0 Å². The summed E-state index contributed by atoms with van der Waals surface area (Å²) in [5, 5.41) is -0.465. The topological polar surface area (TPSA) is 65.1 Å². The number of rotatable bonds is 7. The minimum atomic E-state index is -3.53. The number of hydrogen-bond acceptors (Lipinski definition) is 6. The van der Waals surface area contributed by atoms with Crippen molar-refractivity contribution in [3.05, 3.63) is 48.0 Å². The zero-order valence-electron chi connectivity index (χ0n) is 16.6. The molecule has 7 heteroatoms. The van der Waals surface area contributed by atoms with Gasteiger partial charge in [-0.1, -0.05) is 30.3 Å². The minimum Gasteiger partial charge on any atom is -0.493 e. The maximum atomic E-state index is 13.3. The molecule has 1 atom stereocenters. The van der Waals surface area contributed by atoms with Crippen molar-refractivity contribution in [2.24, 2.45) is 0 Å². The molecule has 1 unspecified atom stereocenters. The highest BCUT2D eigenvalue weighted by molar-refractivity contribution is 7.92. The van der Waals surface area contributed by atoms with Crippen LogP contribution in [0.5, 0.6) is 17.2 Å². The first-order valence-corrected chi connectivity index (χ1v) is 10.8. The van der Waals surface area contributed by atoms with Crippen molar-refractivity contribution in [2.75, 3.05) is 34.4 Å². The number of ether oxygens (including phenoxy) is 3. The van der Waals surface area contributed by atoms with Crippen LogP contribution in [-0.2, 0) is 16.4 Å². The zero-order valence-corrected chi connectivity index (χ0v) is 17.4. The van der Waals surface area contributed by atoms with Gasteiger partial charge in [0.25, 0.3) is 0 Å². The summed E-state index contributed by atoms with van der Waals surface area (Å²) in [6.45, 7) is 2.16. The van der Waals surface area contributed by atoms with E-state index >= 15 is 0 Å². The molecule has 1 heterocycles. The number of methoxy groups -OCH3 is 3. The molecule has 1 fully saturated rings. The number of hydrogen-bond donors (Lipinski definition) is 0. The van der Waals surface area contributed by atoms with Gasteiger partial charge in [0.2, 0.25) is 5.75 Å². The number of sulfone groups is 1. The molecule has 0 amide bonds. The van der Waals surface area contributed by atoms with Crippen molar-refractivity contribution in [2.45, 2.75) is 29.5 Å². The Hall–Kier alpha value is -2.25. The van der Waals surface area contributed by atoms with Crippen molar-refractivity contribution in [1.82, 2.24) is 4.90 Å². The smallest absolute Gasteiger partial charge is 0.203 e. The number of piperidine rings is 1. The SMILES string of the molecule is COc1cc(S(=O)(=O)C2CCCN(Cc3ccccc3)C2)cc(OC)c1OC. The second-order valence-corrected chi connectivity index (χ2v) is 9.12. The van der Waals surface area contributed by atoms with E-state index in [-0.39, 0.29) is 4.90 Å². The molecule has 152 valence electrons. The molecule has 1 aliphatic rings. The molecule has 0 N–H and O–H groups in total. The van der Waals surface area contributed by atoms with Crippen molar-refractivity contribution in [3.63, 3.8) is 0 Å². The summed E-state index contributed by atoms with van der Waals surface area (Å²) in [6, 6.07) is 13.2. The molecule has 1 saturated heterocycles. The normalized spacial score (nSPS) is 17.9. The predicted octanol–water partition coefficient (Wildman–Crippen LogP) is 3.15. The van der Waals surface area contributed by atoms with Crippen LogP contribution in [0.2, 0.25) is 0 Å². The molecule has 3 rings (SSSR count). The van der Waals surface area contributed by atoms with Crippen LogP contribution in [0.15, 0.2) is 47.4 Å². The average Bonchev–Trinajstić information content (AvgIpc) is 2.73. The Balaban J connectivity index is 1.85. The van der Waals surface area contributed by atoms with Gasteiger partial charge in [-0.25, -0.2) is 8.42 Å². The Morgan fingerprint density at radius 3 is 2.21 bits per heavy atom. The van der Waals surface area contributed by atoms with Crippen LogP contribution in [0.4, 0.5) is 0 Å². The van der Waals surface area contributed by atoms with Crippen LogP contribution in [0.1, 0.15) is 18.4 Å². The molecule has 0 saturated carbocycles. The molecule has 0 aromatic heterocycles. The van der Waals surface area contributed by atoms with Crippen LogP contribution in [0.3, 0.4) is 0 Å². The summed E-state index contributed by atoms with van der Waals surface area (Å²) in [7, 11) is 0.927. The second-order valence-electron chi connectivity index (χ2n) is 6.89. The molecule has 1 aliphatic heterocycles. The fourth-order valence-electron chi connectivity index (χ4n) is 3.67. The number of likely N-dealkylation sites (tertiary alicyclic amines) is 1. The fraction of sp³-hybridized carbons (Fsp3) is 0.429. The zero-order chi connectivity index (χ0) is 20.1. The van der Waals surface area contributed by atoms with E-state index in [1.54, 1.807) is 0 Å². The Kier molecular flexibility index (Phi) is 6.46. The van der Waals surface area contributed by atoms with Crippen molar-refractivity contribution in [3.8, 4) is 17.2 Å². The molecule has 6 nitrogen and oxygen atoms in total. The van der Waals surface area contributed by atoms with E-state index in [9.17, 15) is 8.42 Å². The quantitative estimate of drug-likeness (QED) is 0.705. The van der Waals surface area contributed by atoms with E-state index < -0.39 is 15.1 Å². The monoisotopic (exact) mass is 405 g/mol. The van der Waals surface area contributed by atoms with E-state index in [0.29, 0.717) is 30.2 Å². The van der Waals surface area contributed by atoms with Crippen LogP contribution in [0, 0.1) is 0 Å². The van der Waals surface area contributed by atoms with Crippen LogP contribution in [-0.4, -0.2) is 53.0 Å². The largest absolute Gasteiger partial charge is 0.493 e. The Bertz CT molecular complexity index is 873. The van der Waals surface area contributed by atoms with E-state index in [1.165, 1.54) is 39.0 Å². The fourth-order valence-corrected chi connectivity index (χ4v) is 5.48. The first-order chi connectivity index (χ1) is 13.5. The van der Waals surface area contributed by atoms with Gasteiger partial charge in [0.05, 0.1) is 31.5 Å². The average molecular weight is 406 g/mol. The number of nitrogens with zero attached hydrogens (tertiary/aromatic N) is 1. The van der Waals surface area contributed by atoms with E-state index in [4.69, 9.17) is 14.2 Å². The summed E-state index contributed by atoms with van der Waals surface area (Å²) < 4.78 is 42.6. The highest BCUT2D eigenvalue weighted by atomic mass is 32.2. The Morgan fingerprint density at radius 1 is 1.00 bits per heavy atom. The third-order valence-electron chi connectivity index (χ3n) is 5.12. The summed E-state index contributed by atoms with van der Waals surface area (Å²) in [4.78, 5) is 2.41. The van der Waals surface area contributed by atoms with Gasteiger partial charge in [-0.15, -0.1) is 0 Å². The molecule has 2 aromatic rings. The van der Waals surface area contributed by atoms with Crippen molar-refractivity contribution >= 4 is 9.84 Å². The highest BCUT2D eigenvalue weighted by Gasteiger charge is 2.33. The molecular weight excluding hydrogens is 378 g/mol. The lowest BCUT2D eigenvalue weighted by Gasteiger charge is -2.32. The summed E-state index contributed by atoms with van der Waals surface area (Å²) in [5.74, 6) is 1.08. The molecular formula is C21H27NO5S. The summed E-state index contributed by atoms with van der Waals surface area (Å²) >= 11 is 0. The van der Waals surface area contributed by atoms with Gasteiger partial charge >= 0.3 is 0 Å². The van der Waals surface area contributed by atoms with Gasteiger partial charge in [0.1, 0.15) is 0 Å². The Labute approximate surface area is 166 Å². The van der Waals surface area contributed by atoms with Gasteiger partial charge in [-0.05, 0) is 24.9 Å². The van der Waals surface area contributed by atoms with Gasteiger partial charge in [-0.3, -0.25) is 4.90 Å². The lowest BCUT2D eigenvalue weighted by Crippen LogP contribution is -2.41. The number of benzene rings is 2. The van der Waals surface area contributed by atoms with Gasteiger partial charge in [-0.2, -0.15) is 0 Å². The standard InChI is InChI=1S/C21H27NO5S/c1-25-19-12-18(13-20(26-2)21(19)27-3)28(23,24)17-10-7-11-22(15-17)14-16-8-5-4-6-9-16/h4-6,8-9,12-13,17H,7,10-11,14-15H2,1-3H3. The predicted molar refractivity (Wildman–Crippen MR) is 108 cm³/mol. The molecule has 0 aliphatic carbocycles. The van der Waals surface area contributed by atoms with E-state index in [1.807, 2.05) is 18.2 Å². The van der Waals surface area contributed by atoms with Crippen LogP contribution >= 0.6 is 0 Å². The first kappa shape index (κ1) is 20.5. The van der Waals surface area contributed by atoms with Crippen LogP contribution in [0.25, 0.3) is 0 Å².